The van der Waals surface area contributed by atoms with Crippen molar-refractivity contribution in [3.05, 3.63) is 17.5 Å². The molecule has 3 heteroatoms. The number of rotatable bonds is 4. The van der Waals surface area contributed by atoms with Gasteiger partial charge in [0, 0.05) is 13.6 Å². The molecule has 3 nitrogen and oxygen atoms in total. The maximum atomic E-state index is 4.26. The van der Waals surface area contributed by atoms with Gasteiger partial charge in [-0.05, 0) is 24.9 Å². The molecule has 1 N–H and O–H groups in total. The average Bonchev–Trinajstić information content (AvgIpc) is 2.35. The van der Waals surface area contributed by atoms with Crippen molar-refractivity contribution in [2.24, 2.45) is 13.0 Å². The molecule has 0 aliphatic rings. The zero-order valence-corrected chi connectivity index (χ0v) is 8.96. The molecule has 1 rings (SSSR count). The zero-order chi connectivity index (χ0) is 9.84. The molecule has 0 atom stereocenters. The first-order valence-corrected chi connectivity index (χ1v) is 4.79. The van der Waals surface area contributed by atoms with Crippen molar-refractivity contribution in [2.45, 2.75) is 26.8 Å². The van der Waals surface area contributed by atoms with Crippen LogP contribution < -0.4 is 5.32 Å². The highest BCUT2D eigenvalue weighted by molar-refractivity contribution is 5.17. The van der Waals surface area contributed by atoms with Crippen LogP contribution in [0.15, 0.2) is 6.20 Å². The lowest BCUT2D eigenvalue weighted by Gasteiger charge is -2.07. The second-order valence-corrected chi connectivity index (χ2v) is 3.87. The minimum Gasteiger partial charge on any atom is -0.314 e. The van der Waals surface area contributed by atoms with Gasteiger partial charge in [0.2, 0.25) is 0 Å². The number of nitrogens with one attached hydrogen (secondary N) is 1. The lowest BCUT2D eigenvalue weighted by Crippen LogP contribution is -2.12. The first kappa shape index (κ1) is 10.3. The van der Waals surface area contributed by atoms with Crippen molar-refractivity contribution >= 4 is 0 Å². The third-order valence-electron chi connectivity index (χ3n) is 2.12. The molecule has 0 spiro atoms. The van der Waals surface area contributed by atoms with E-state index in [0.29, 0.717) is 5.92 Å². The second-order valence-electron chi connectivity index (χ2n) is 3.87. The molecule has 0 fully saturated rings. The number of hydrogen-bond acceptors (Lipinski definition) is 2. The van der Waals surface area contributed by atoms with E-state index in [2.05, 4.69) is 24.3 Å². The highest BCUT2D eigenvalue weighted by Crippen LogP contribution is 2.12. The van der Waals surface area contributed by atoms with E-state index in [-0.39, 0.29) is 0 Å². The Morgan fingerprint density at radius 2 is 2.23 bits per heavy atom. The van der Waals surface area contributed by atoms with Crippen LogP contribution in [0, 0.1) is 5.92 Å². The Kier molecular flexibility index (Phi) is 3.48. The number of nitrogens with zero attached hydrogens (tertiary/aromatic N) is 2. The van der Waals surface area contributed by atoms with Gasteiger partial charge in [-0.2, -0.15) is 5.10 Å². The van der Waals surface area contributed by atoms with Crippen molar-refractivity contribution in [1.29, 1.82) is 0 Å². The minimum absolute atomic E-state index is 0.694. The molecule has 74 valence electrons. The predicted molar refractivity (Wildman–Crippen MR) is 54.5 cm³/mol. The van der Waals surface area contributed by atoms with Gasteiger partial charge in [-0.3, -0.25) is 4.68 Å². The van der Waals surface area contributed by atoms with Crippen LogP contribution in [-0.4, -0.2) is 16.8 Å². The normalized spacial score (nSPS) is 11.2. The smallest absolute Gasteiger partial charge is 0.0550 e. The summed E-state index contributed by atoms with van der Waals surface area (Å²) in [6.07, 6.45) is 3.09. The Bertz CT molecular complexity index is 263. The Morgan fingerprint density at radius 1 is 1.54 bits per heavy atom. The highest BCUT2D eigenvalue weighted by atomic mass is 15.3. The van der Waals surface area contributed by atoms with E-state index in [1.165, 1.54) is 11.3 Å². The van der Waals surface area contributed by atoms with E-state index >= 15 is 0 Å². The van der Waals surface area contributed by atoms with Gasteiger partial charge in [0.25, 0.3) is 0 Å². The van der Waals surface area contributed by atoms with E-state index in [4.69, 9.17) is 0 Å². The fraction of sp³-hybridized carbons (Fsp3) is 0.700. The SMILES string of the molecule is CNCc1c(CC(C)C)cnn1C. The van der Waals surface area contributed by atoms with Crippen LogP contribution in [0.3, 0.4) is 0 Å². The first-order chi connectivity index (χ1) is 6.15. The van der Waals surface area contributed by atoms with Crippen molar-refractivity contribution in [2.75, 3.05) is 7.05 Å². The topological polar surface area (TPSA) is 29.9 Å². The molecule has 1 aromatic heterocycles. The molecule has 1 heterocycles. The standard InChI is InChI=1S/C10H19N3/c1-8(2)5-9-6-12-13(4)10(9)7-11-3/h6,8,11H,5,7H2,1-4H3. The largest absolute Gasteiger partial charge is 0.314 e. The maximum Gasteiger partial charge on any atom is 0.0550 e. The molecule has 0 amide bonds. The Morgan fingerprint density at radius 3 is 2.77 bits per heavy atom. The number of aryl methyl sites for hydroxylation is 1. The summed E-state index contributed by atoms with van der Waals surface area (Å²) >= 11 is 0. The van der Waals surface area contributed by atoms with Gasteiger partial charge >= 0.3 is 0 Å². The van der Waals surface area contributed by atoms with Gasteiger partial charge < -0.3 is 5.32 Å². The summed E-state index contributed by atoms with van der Waals surface area (Å²) in [5.41, 5.74) is 2.67. The van der Waals surface area contributed by atoms with Crippen molar-refractivity contribution < 1.29 is 0 Å². The molecule has 1 aromatic rings. The fourth-order valence-corrected chi connectivity index (χ4v) is 1.51. The van der Waals surface area contributed by atoms with Crippen LogP contribution >= 0.6 is 0 Å². The van der Waals surface area contributed by atoms with Crippen molar-refractivity contribution in [1.82, 2.24) is 15.1 Å². The Balaban J connectivity index is 2.80. The Hall–Kier alpha value is -0.830. The van der Waals surface area contributed by atoms with E-state index in [0.717, 1.165) is 13.0 Å². The van der Waals surface area contributed by atoms with Gasteiger partial charge in [-0.15, -0.1) is 0 Å². The lowest BCUT2D eigenvalue weighted by atomic mass is 10.0. The summed E-state index contributed by atoms with van der Waals surface area (Å²) in [5, 5.41) is 7.43. The van der Waals surface area contributed by atoms with Gasteiger partial charge in [0.1, 0.15) is 0 Å². The van der Waals surface area contributed by atoms with Gasteiger partial charge in [-0.1, -0.05) is 13.8 Å². The summed E-state index contributed by atoms with van der Waals surface area (Å²) in [4.78, 5) is 0. The third kappa shape index (κ3) is 2.56. The van der Waals surface area contributed by atoms with E-state index < -0.39 is 0 Å². The lowest BCUT2D eigenvalue weighted by molar-refractivity contribution is 0.625. The van der Waals surface area contributed by atoms with Crippen LogP contribution in [-0.2, 0) is 20.0 Å². The molecule has 0 saturated heterocycles. The first-order valence-electron chi connectivity index (χ1n) is 4.79. The molecule has 0 aliphatic heterocycles. The van der Waals surface area contributed by atoms with Crippen LogP contribution in [0.4, 0.5) is 0 Å². The summed E-state index contributed by atoms with van der Waals surface area (Å²) in [6, 6.07) is 0. The molecule has 0 bridgehead atoms. The van der Waals surface area contributed by atoms with Crippen molar-refractivity contribution in [3.8, 4) is 0 Å². The van der Waals surface area contributed by atoms with Gasteiger partial charge in [0.15, 0.2) is 0 Å². The number of aromatic nitrogens is 2. The summed E-state index contributed by atoms with van der Waals surface area (Å²) in [6.45, 7) is 5.37. The van der Waals surface area contributed by atoms with E-state index in [1.807, 2.05) is 25.0 Å². The number of hydrogen-bond donors (Lipinski definition) is 1. The van der Waals surface area contributed by atoms with Crippen LogP contribution in [0.25, 0.3) is 0 Å². The quantitative estimate of drug-likeness (QED) is 0.759. The van der Waals surface area contributed by atoms with E-state index in [9.17, 15) is 0 Å². The molecule has 0 saturated carbocycles. The minimum atomic E-state index is 0.694. The van der Waals surface area contributed by atoms with Crippen molar-refractivity contribution in [3.63, 3.8) is 0 Å². The van der Waals surface area contributed by atoms with Crippen LogP contribution in [0.2, 0.25) is 0 Å². The van der Waals surface area contributed by atoms with Gasteiger partial charge in [0.05, 0.1) is 11.9 Å². The van der Waals surface area contributed by atoms with Crippen LogP contribution in [0.1, 0.15) is 25.1 Å². The molecule has 13 heavy (non-hydrogen) atoms. The average molecular weight is 181 g/mol. The summed E-state index contributed by atoms with van der Waals surface area (Å²) in [7, 11) is 3.96. The molecule has 0 aliphatic carbocycles. The summed E-state index contributed by atoms with van der Waals surface area (Å²) < 4.78 is 1.95. The monoisotopic (exact) mass is 181 g/mol. The summed E-state index contributed by atoms with van der Waals surface area (Å²) in [5.74, 6) is 0.694. The van der Waals surface area contributed by atoms with Crippen LogP contribution in [0.5, 0.6) is 0 Å². The molecule has 0 radical (unpaired) electrons. The maximum absolute atomic E-state index is 4.26. The predicted octanol–water partition coefficient (Wildman–Crippen LogP) is 1.34. The molecule has 0 aromatic carbocycles. The third-order valence-corrected chi connectivity index (χ3v) is 2.12. The molecular weight excluding hydrogens is 162 g/mol. The van der Waals surface area contributed by atoms with Gasteiger partial charge in [-0.25, -0.2) is 0 Å². The molecule has 0 unspecified atom stereocenters. The fourth-order valence-electron chi connectivity index (χ4n) is 1.51. The van der Waals surface area contributed by atoms with E-state index in [1.54, 1.807) is 0 Å². The zero-order valence-electron chi connectivity index (χ0n) is 8.96. The highest BCUT2D eigenvalue weighted by Gasteiger charge is 2.08. The second kappa shape index (κ2) is 4.42. The molecular formula is C10H19N3. The Labute approximate surface area is 80.1 Å².